The number of aliphatic carboxylic acids is 1. The fraction of sp³-hybridized carbons (Fsp3) is 0.448. The van der Waals surface area contributed by atoms with Gasteiger partial charge >= 0.3 is 5.97 Å². The third-order valence-electron chi connectivity index (χ3n) is 6.57. The molecule has 1 aliphatic rings. The summed E-state index contributed by atoms with van der Waals surface area (Å²) < 4.78 is 12.3. The molecule has 0 radical (unpaired) electrons. The minimum Gasteiger partial charge on any atom is -0.486 e. The van der Waals surface area contributed by atoms with Gasteiger partial charge in [-0.2, -0.15) is 0 Å². The highest BCUT2D eigenvalue weighted by molar-refractivity contribution is 5.87. The van der Waals surface area contributed by atoms with E-state index in [4.69, 9.17) is 9.47 Å². The summed E-state index contributed by atoms with van der Waals surface area (Å²) in [5.41, 5.74) is 2.43. The molecule has 2 aromatic rings. The lowest BCUT2D eigenvalue weighted by molar-refractivity contribution is -0.133. The standard InChI is InChI=1S/C29H38N2O5/c1-5-24(6-2)36-27-17-23(29(33)34)16-26(28(27)31-20(4)32)30-18-21-12-14-25(15-13-21)35-19(3)22-10-8-7-9-11-22/h7-15,17,19,24,26-28,30H,5-6,16,18H2,1-4H3,(H,31,32)(H,33,34)/t19-,26-,27+,28+/m0/s1. The monoisotopic (exact) mass is 494 g/mol. The van der Waals surface area contributed by atoms with Gasteiger partial charge in [-0.25, -0.2) is 4.79 Å². The molecule has 36 heavy (non-hydrogen) atoms. The van der Waals surface area contributed by atoms with Crippen LogP contribution in [0.25, 0.3) is 0 Å². The van der Waals surface area contributed by atoms with Gasteiger partial charge in [0.25, 0.3) is 0 Å². The molecule has 0 aromatic heterocycles. The smallest absolute Gasteiger partial charge is 0.331 e. The van der Waals surface area contributed by atoms with Crippen LogP contribution in [-0.4, -0.2) is 41.3 Å². The van der Waals surface area contributed by atoms with Crippen molar-refractivity contribution in [3.8, 4) is 5.75 Å². The van der Waals surface area contributed by atoms with Crippen LogP contribution in [0.2, 0.25) is 0 Å². The number of ether oxygens (including phenoxy) is 2. The van der Waals surface area contributed by atoms with E-state index in [2.05, 4.69) is 10.6 Å². The van der Waals surface area contributed by atoms with Crippen molar-refractivity contribution in [2.45, 2.75) is 83.9 Å². The Morgan fingerprint density at radius 2 is 1.72 bits per heavy atom. The van der Waals surface area contributed by atoms with Crippen molar-refractivity contribution >= 4 is 11.9 Å². The van der Waals surface area contributed by atoms with Crippen LogP contribution in [0.1, 0.15) is 64.2 Å². The molecule has 0 saturated heterocycles. The number of benzene rings is 2. The molecular weight excluding hydrogens is 456 g/mol. The SMILES string of the molecule is CCC(CC)O[C@@H]1C=C(C(=O)O)C[C@H](NCc2ccc(O[C@@H](C)c3ccccc3)cc2)[C@H]1NC(C)=O. The van der Waals surface area contributed by atoms with Gasteiger partial charge in [0, 0.05) is 25.1 Å². The van der Waals surface area contributed by atoms with Gasteiger partial charge in [0.2, 0.25) is 5.91 Å². The first kappa shape index (κ1) is 27.4. The highest BCUT2D eigenvalue weighted by Crippen LogP contribution is 2.26. The highest BCUT2D eigenvalue weighted by Gasteiger charge is 2.37. The van der Waals surface area contributed by atoms with Crippen LogP contribution in [0.15, 0.2) is 66.2 Å². The van der Waals surface area contributed by atoms with Crippen LogP contribution in [0.3, 0.4) is 0 Å². The first-order valence-corrected chi connectivity index (χ1v) is 12.7. The maximum Gasteiger partial charge on any atom is 0.331 e. The van der Waals surface area contributed by atoms with Gasteiger partial charge in [-0.1, -0.05) is 56.3 Å². The normalized spacial score (nSPS) is 20.5. The zero-order valence-electron chi connectivity index (χ0n) is 21.6. The number of amides is 1. The van der Waals surface area contributed by atoms with Crippen LogP contribution >= 0.6 is 0 Å². The van der Waals surface area contributed by atoms with Crippen molar-refractivity contribution in [3.63, 3.8) is 0 Å². The van der Waals surface area contributed by atoms with Gasteiger partial charge in [-0.15, -0.1) is 0 Å². The van der Waals surface area contributed by atoms with Gasteiger partial charge in [-0.05, 0) is 55.5 Å². The molecule has 0 heterocycles. The first-order chi connectivity index (χ1) is 17.3. The van der Waals surface area contributed by atoms with Gasteiger partial charge in [0.1, 0.15) is 11.9 Å². The van der Waals surface area contributed by atoms with Crippen molar-refractivity contribution in [1.82, 2.24) is 10.6 Å². The molecule has 0 bridgehead atoms. The molecule has 0 unspecified atom stereocenters. The number of carbonyl (C=O) groups is 2. The fourth-order valence-electron chi connectivity index (χ4n) is 4.50. The molecule has 7 heteroatoms. The van der Waals surface area contributed by atoms with Crippen LogP contribution in [0, 0.1) is 0 Å². The maximum absolute atomic E-state index is 12.0. The summed E-state index contributed by atoms with van der Waals surface area (Å²) in [6, 6.07) is 17.2. The lowest BCUT2D eigenvalue weighted by atomic mass is 9.87. The predicted octanol–water partition coefficient (Wildman–Crippen LogP) is 4.78. The van der Waals surface area contributed by atoms with E-state index >= 15 is 0 Å². The van der Waals surface area contributed by atoms with Crippen molar-refractivity contribution < 1.29 is 24.2 Å². The minimum atomic E-state index is -0.963. The number of hydrogen-bond acceptors (Lipinski definition) is 5. The molecule has 7 nitrogen and oxygen atoms in total. The van der Waals surface area contributed by atoms with E-state index in [0.29, 0.717) is 18.5 Å². The molecule has 4 atom stereocenters. The molecule has 0 aliphatic heterocycles. The average molecular weight is 495 g/mol. The third kappa shape index (κ3) is 7.67. The summed E-state index contributed by atoms with van der Waals surface area (Å²) in [5, 5.41) is 16.2. The Balaban J connectivity index is 1.69. The molecule has 0 spiro atoms. The van der Waals surface area contributed by atoms with E-state index in [1.165, 1.54) is 6.92 Å². The molecule has 0 saturated carbocycles. The number of carbonyl (C=O) groups excluding carboxylic acids is 1. The third-order valence-corrected chi connectivity index (χ3v) is 6.57. The molecule has 3 N–H and O–H groups in total. The van der Waals surface area contributed by atoms with Gasteiger partial charge in [0.05, 0.1) is 18.2 Å². The number of nitrogens with one attached hydrogen (secondary N) is 2. The van der Waals surface area contributed by atoms with E-state index < -0.39 is 12.1 Å². The predicted molar refractivity (Wildman–Crippen MR) is 140 cm³/mol. The van der Waals surface area contributed by atoms with Crippen LogP contribution in [0.5, 0.6) is 5.75 Å². The Morgan fingerprint density at radius 1 is 1.06 bits per heavy atom. The average Bonchev–Trinajstić information content (AvgIpc) is 2.88. The van der Waals surface area contributed by atoms with Gasteiger partial charge in [0.15, 0.2) is 0 Å². The summed E-state index contributed by atoms with van der Waals surface area (Å²) in [5.74, 6) is -0.361. The lowest BCUT2D eigenvalue weighted by Crippen LogP contribution is -2.58. The Kier molecular flexibility index (Phi) is 10.1. The van der Waals surface area contributed by atoms with Crippen molar-refractivity contribution in [3.05, 3.63) is 77.4 Å². The molecule has 0 fully saturated rings. The molecule has 1 amide bonds. The Morgan fingerprint density at radius 3 is 2.31 bits per heavy atom. The highest BCUT2D eigenvalue weighted by atomic mass is 16.5. The number of hydrogen-bond donors (Lipinski definition) is 3. The quantitative estimate of drug-likeness (QED) is 0.393. The minimum absolute atomic E-state index is 0.0119. The zero-order valence-corrected chi connectivity index (χ0v) is 21.6. The topological polar surface area (TPSA) is 96.9 Å². The zero-order chi connectivity index (χ0) is 26.1. The number of rotatable bonds is 12. The summed E-state index contributed by atoms with van der Waals surface area (Å²) in [6.07, 6.45) is 2.97. The fourth-order valence-corrected chi connectivity index (χ4v) is 4.50. The Hall–Kier alpha value is -3.16. The van der Waals surface area contributed by atoms with E-state index in [0.717, 1.165) is 29.7 Å². The second-order valence-corrected chi connectivity index (χ2v) is 9.27. The molecule has 1 aliphatic carbocycles. The summed E-state index contributed by atoms with van der Waals surface area (Å²) in [4.78, 5) is 23.8. The van der Waals surface area contributed by atoms with E-state index in [-0.39, 0.29) is 30.2 Å². The molecule has 194 valence electrons. The van der Waals surface area contributed by atoms with Gasteiger partial charge < -0.3 is 25.2 Å². The maximum atomic E-state index is 12.0. The number of carboxylic acids is 1. The van der Waals surface area contributed by atoms with Crippen molar-refractivity contribution in [2.24, 2.45) is 0 Å². The Bertz CT molecular complexity index is 1020. The largest absolute Gasteiger partial charge is 0.486 e. The van der Waals surface area contributed by atoms with Crippen LogP contribution < -0.4 is 15.4 Å². The lowest BCUT2D eigenvalue weighted by Gasteiger charge is -2.38. The van der Waals surface area contributed by atoms with Crippen molar-refractivity contribution in [1.29, 1.82) is 0 Å². The van der Waals surface area contributed by atoms with E-state index in [1.54, 1.807) is 6.08 Å². The Labute approximate surface area is 213 Å². The van der Waals surface area contributed by atoms with Gasteiger partial charge in [-0.3, -0.25) is 4.79 Å². The molecule has 3 rings (SSSR count). The number of carboxylic acid groups (broad SMARTS) is 1. The van der Waals surface area contributed by atoms with E-state index in [1.807, 2.05) is 75.4 Å². The second-order valence-electron chi connectivity index (χ2n) is 9.27. The van der Waals surface area contributed by atoms with Crippen LogP contribution in [0.4, 0.5) is 0 Å². The molecular formula is C29H38N2O5. The molecule has 2 aromatic carbocycles. The first-order valence-electron chi connectivity index (χ1n) is 12.7. The summed E-state index contributed by atoms with van der Waals surface area (Å²) in [6.45, 7) is 8.08. The van der Waals surface area contributed by atoms with E-state index in [9.17, 15) is 14.7 Å². The summed E-state index contributed by atoms with van der Waals surface area (Å²) in [7, 11) is 0. The van der Waals surface area contributed by atoms with Crippen molar-refractivity contribution in [2.75, 3.05) is 0 Å². The van der Waals surface area contributed by atoms with Crippen LogP contribution in [-0.2, 0) is 20.9 Å². The summed E-state index contributed by atoms with van der Waals surface area (Å²) >= 11 is 0. The second kappa shape index (κ2) is 13.2.